The van der Waals surface area contributed by atoms with E-state index in [0.29, 0.717) is 0 Å². The van der Waals surface area contributed by atoms with E-state index in [-0.39, 0.29) is 0 Å². The van der Waals surface area contributed by atoms with E-state index in [1.807, 2.05) is 0 Å². The van der Waals surface area contributed by atoms with E-state index in [4.69, 9.17) is 0 Å². The summed E-state index contributed by atoms with van der Waals surface area (Å²) in [5, 5.41) is 0. The number of allylic oxidation sites excluding steroid dienone is 1. The van der Waals surface area contributed by atoms with Crippen LogP contribution in [0.5, 0.6) is 0 Å². The van der Waals surface area contributed by atoms with Crippen LogP contribution in [0.4, 0.5) is 0 Å². The molecule has 0 atom stereocenters. The highest BCUT2D eigenvalue weighted by Gasteiger charge is 2.23. The van der Waals surface area contributed by atoms with Crippen LogP contribution in [0, 0.1) is 5.92 Å². The SMILES string of the molecule is CC1=CN2CCC1CC2. The van der Waals surface area contributed by atoms with Gasteiger partial charge in [-0.05, 0) is 31.9 Å². The molecule has 1 fully saturated rings. The fourth-order valence-electron chi connectivity index (χ4n) is 1.88. The minimum absolute atomic E-state index is 0.940. The molecule has 3 rings (SSSR count). The fraction of sp³-hybridized carbons (Fsp3) is 0.750. The maximum atomic E-state index is 2.44. The summed E-state index contributed by atoms with van der Waals surface area (Å²) >= 11 is 0. The van der Waals surface area contributed by atoms with Crippen molar-refractivity contribution in [2.45, 2.75) is 19.8 Å². The first-order valence-corrected chi connectivity index (χ1v) is 3.78. The maximum absolute atomic E-state index is 2.44. The van der Waals surface area contributed by atoms with Crippen LogP contribution in [0.1, 0.15) is 19.8 Å². The Bertz CT molecular complexity index is 141. The molecule has 9 heavy (non-hydrogen) atoms. The molecule has 0 unspecified atom stereocenters. The topological polar surface area (TPSA) is 3.24 Å². The van der Waals surface area contributed by atoms with Crippen LogP contribution in [0.2, 0.25) is 0 Å². The fourth-order valence-corrected chi connectivity index (χ4v) is 1.88. The lowest BCUT2D eigenvalue weighted by Gasteiger charge is -2.38. The van der Waals surface area contributed by atoms with Crippen molar-refractivity contribution in [3.63, 3.8) is 0 Å². The van der Waals surface area contributed by atoms with Crippen molar-refractivity contribution in [3.05, 3.63) is 11.8 Å². The second-order valence-corrected chi connectivity index (χ2v) is 3.18. The van der Waals surface area contributed by atoms with E-state index < -0.39 is 0 Å². The molecular weight excluding hydrogens is 110 g/mol. The zero-order chi connectivity index (χ0) is 6.27. The number of hydrogen-bond donors (Lipinski definition) is 0. The lowest BCUT2D eigenvalue weighted by molar-refractivity contribution is 0.230. The van der Waals surface area contributed by atoms with Gasteiger partial charge in [-0.15, -0.1) is 0 Å². The third kappa shape index (κ3) is 0.752. The second kappa shape index (κ2) is 1.76. The Morgan fingerprint density at radius 1 is 1.44 bits per heavy atom. The summed E-state index contributed by atoms with van der Waals surface area (Å²) in [6.45, 7) is 4.88. The zero-order valence-electron chi connectivity index (χ0n) is 5.93. The molecule has 0 amide bonds. The number of rotatable bonds is 0. The van der Waals surface area contributed by atoms with Crippen LogP contribution in [-0.4, -0.2) is 18.0 Å². The van der Waals surface area contributed by atoms with Crippen molar-refractivity contribution >= 4 is 0 Å². The normalized spacial score (nSPS) is 26.8. The zero-order valence-corrected chi connectivity index (χ0v) is 5.93. The first kappa shape index (κ1) is 5.33. The summed E-state index contributed by atoms with van der Waals surface area (Å²) < 4.78 is 0. The summed E-state index contributed by atoms with van der Waals surface area (Å²) in [5.74, 6) is 0.940. The van der Waals surface area contributed by atoms with Crippen LogP contribution in [0.15, 0.2) is 11.8 Å². The van der Waals surface area contributed by atoms with Gasteiger partial charge in [-0.1, -0.05) is 5.57 Å². The van der Waals surface area contributed by atoms with Gasteiger partial charge in [0.25, 0.3) is 0 Å². The molecule has 0 aromatic heterocycles. The third-order valence-electron chi connectivity index (χ3n) is 2.56. The average Bonchev–Trinajstić information content (AvgIpc) is 1.90. The molecule has 0 aliphatic carbocycles. The standard InChI is InChI=1S/C8H13N/c1-7-6-9-4-2-8(7)3-5-9/h6,8H,2-5H2,1H3. The summed E-state index contributed by atoms with van der Waals surface area (Å²) in [6, 6.07) is 0. The van der Waals surface area contributed by atoms with Crippen molar-refractivity contribution in [3.8, 4) is 0 Å². The molecule has 2 bridgehead atoms. The highest BCUT2D eigenvalue weighted by molar-refractivity contribution is 5.10. The van der Waals surface area contributed by atoms with E-state index in [1.165, 1.54) is 25.9 Å². The van der Waals surface area contributed by atoms with E-state index >= 15 is 0 Å². The second-order valence-electron chi connectivity index (χ2n) is 3.18. The summed E-state index contributed by atoms with van der Waals surface area (Å²) in [5.41, 5.74) is 1.60. The smallest absolute Gasteiger partial charge is 0.0178 e. The Balaban J connectivity index is 2.25. The van der Waals surface area contributed by atoms with Crippen LogP contribution in [0.3, 0.4) is 0 Å². The highest BCUT2D eigenvalue weighted by Crippen LogP contribution is 2.29. The first-order chi connectivity index (χ1) is 4.36. The van der Waals surface area contributed by atoms with Crippen molar-refractivity contribution < 1.29 is 0 Å². The maximum Gasteiger partial charge on any atom is 0.0178 e. The molecule has 1 heteroatoms. The van der Waals surface area contributed by atoms with Gasteiger partial charge in [0, 0.05) is 13.1 Å². The number of nitrogens with zero attached hydrogens (tertiary/aromatic N) is 1. The Hall–Kier alpha value is -0.460. The van der Waals surface area contributed by atoms with Gasteiger partial charge < -0.3 is 4.90 Å². The highest BCUT2D eigenvalue weighted by atomic mass is 15.1. The molecule has 0 N–H and O–H groups in total. The first-order valence-electron chi connectivity index (χ1n) is 3.78. The van der Waals surface area contributed by atoms with Gasteiger partial charge in [-0.25, -0.2) is 0 Å². The lowest BCUT2D eigenvalue weighted by Crippen LogP contribution is -2.35. The van der Waals surface area contributed by atoms with E-state index in [1.54, 1.807) is 5.57 Å². The van der Waals surface area contributed by atoms with E-state index in [9.17, 15) is 0 Å². The van der Waals surface area contributed by atoms with Crippen LogP contribution in [0.25, 0.3) is 0 Å². The molecule has 3 aliphatic heterocycles. The molecule has 1 nitrogen and oxygen atoms in total. The van der Waals surface area contributed by atoms with Gasteiger partial charge in [-0.2, -0.15) is 0 Å². The van der Waals surface area contributed by atoms with E-state index in [2.05, 4.69) is 18.0 Å². The Labute approximate surface area is 56.4 Å². The van der Waals surface area contributed by atoms with Crippen LogP contribution >= 0.6 is 0 Å². The van der Waals surface area contributed by atoms with Gasteiger partial charge in [-0.3, -0.25) is 0 Å². The summed E-state index contributed by atoms with van der Waals surface area (Å²) in [7, 11) is 0. The molecule has 1 saturated heterocycles. The summed E-state index contributed by atoms with van der Waals surface area (Å²) in [6.07, 6.45) is 5.14. The molecule has 0 aromatic rings. The van der Waals surface area contributed by atoms with Crippen molar-refractivity contribution in [1.29, 1.82) is 0 Å². The Kier molecular flexibility index (Phi) is 1.04. The van der Waals surface area contributed by atoms with E-state index in [0.717, 1.165) is 5.92 Å². The predicted molar refractivity (Wildman–Crippen MR) is 38.1 cm³/mol. The molecule has 0 saturated carbocycles. The van der Waals surface area contributed by atoms with Gasteiger partial charge in [0.05, 0.1) is 0 Å². The van der Waals surface area contributed by atoms with Crippen molar-refractivity contribution in [1.82, 2.24) is 4.90 Å². The van der Waals surface area contributed by atoms with Gasteiger partial charge in [0.1, 0.15) is 0 Å². The molecule has 0 spiro atoms. The molecule has 3 aliphatic rings. The summed E-state index contributed by atoms with van der Waals surface area (Å²) in [4.78, 5) is 2.44. The number of fused-ring (bicyclic) bond motifs is 2. The quantitative estimate of drug-likeness (QED) is 0.473. The lowest BCUT2D eigenvalue weighted by atomic mass is 9.87. The largest absolute Gasteiger partial charge is 0.377 e. The Morgan fingerprint density at radius 2 is 2.11 bits per heavy atom. The van der Waals surface area contributed by atoms with Gasteiger partial charge in [0.15, 0.2) is 0 Å². The molecular formula is C8H13N. The van der Waals surface area contributed by atoms with Gasteiger partial charge in [0.2, 0.25) is 0 Å². The molecule has 50 valence electrons. The van der Waals surface area contributed by atoms with Crippen molar-refractivity contribution in [2.24, 2.45) is 5.92 Å². The number of hydrogen-bond acceptors (Lipinski definition) is 1. The molecule has 0 aromatic carbocycles. The van der Waals surface area contributed by atoms with Crippen LogP contribution in [-0.2, 0) is 0 Å². The minimum atomic E-state index is 0.940. The minimum Gasteiger partial charge on any atom is -0.377 e. The molecule has 0 radical (unpaired) electrons. The monoisotopic (exact) mass is 123 g/mol. The van der Waals surface area contributed by atoms with Crippen LogP contribution < -0.4 is 0 Å². The molecule has 3 heterocycles. The van der Waals surface area contributed by atoms with Crippen molar-refractivity contribution in [2.75, 3.05) is 13.1 Å². The average molecular weight is 123 g/mol. The predicted octanol–water partition coefficient (Wildman–Crippen LogP) is 1.62. The van der Waals surface area contributed by atoms with Gasteiger partial charge >= 0.3 is 0 Å². The Morgan fingerprint density at radius 3 is 2.33 bits per heavy atom. The third-order valence-corrected chi connectivity index (χ3v) is 2.56. The number of piperidine rings is 1.